The zero-order chi connectivity index (χ0) is 16.8. The van der Waals surface area contributed by atoms with Crippen molar-refractivity contribution in [3.8, 4) is 5.75 Å². The van der Waals surface area contributed by atoms with E-state index in [1.54, 1.807) is 7.11 Å². The van der Waals surface area contributed by atoms with Gasteiger partial charge in [-0.15, -0.1) is 12.4 Å². The molecule has 0 aromatic heterocycles. The smallest absolute Gasteiger partial charge is 0.223 e. The Bertz CT molecular complexity index is 522. The molecule has 1 aliphatic rings. The van der Waals surface area contributed by atoms with E-state index >= 15 is 0 Å². The number of hydrogen-bond acceptors (Lipinski definition) is 3. The highest BCUT2D eigenvalue weighted by molar-refractivity contribution is 5.85. The van der Waals surface area contributed by atoms with Crippen LogP contribution >= 0.6 is 12.4 Å². The van der Waals surface area contributed by atoms with Crippen LogP contribution in [-0.4, -0.2) is 19.1 Å². The van der Waals surface area contributed by atoms with Crippen molar-refractivity contribution in [2.24, 2.45) is 17.6 Å². The van der Waals surface area contributed by atoms with Crippen molar-refractivity contribution < 1.29 is 9.53 Å². The van der Waals surface area contributed by atoms with Crippen molar-refractivity contribution in [3.05, 3.63) is 29.8 Å². The first kappa shape index (κ1) is 20.8. The van der Waals surface area contributed by atoms with Crippen molar-refractivity contribution in [1.82, 2.24) is 5.32 Å². The number of ether oxygens (including phenoxy) is 1. The van der Waals surface area contributed by atoms with Crippen molar-refractivity contribution in [2.75, 3.05) is 7.11 Å². The summed E-state index contributed by atoms with van der Waals surface area (Å²) in [5.74, 6) is 1.50. The van der Waals surface area contributed by atoms with Gasteiger partial charge in [-0.05, 0) is 37.7 Å². The van der Waals surface area contributed by atoms with Gasteiger partial charge in [0.25, 0.3) is 0 Å². The SMILES string of the molecule is COc1ccccc1C(CC(C)C)NC(=O)C1CCCC(N)C1.Cl. The summed E-state index contributed by atoms with van der Waals surface area (Å²) in [6, 6.07) is 8.08. The molecule has 24 heavy (non-hydrogen) atoms. The van der Waals surface area contributed by atoms with E-state index in [0.717, 1.165) is 43.4 Å². The second-order valence-corrected chi connectivity index (χ2v) is 7.06. The summed E-state index contributed by atoms with van der Waals surface area (Å²) in [6.45, 7) is 4.34. The van der Waals surface area contributed by atoms with Crippen LogP contribution in [-0.2, 0) is 4.79 Å². The number of nitrogens with one attached hydrogen (secondary N) is 1. The van der Waals surface area contributed by atoms with E-state index in [-0.39, 0.29) is 36.3 Å². The van der Waals surface area contributed by atoms with Crippen LogP contribution < -0.4 is 15.8 Å². The Hall–Kier alpha value is -1.26. The lowest BCUT2D eigenvalue weighted by Gasteiger charge is -2.29. The van der Waals surface area contributed by atoms with Gasteiger partial charge in [0.15, 0.2) is 0 Å². The molecule has 5 heteroatoms. The Morgan fingerprint density at radius 1 is 1.33 bits per heavy atom. The Balaban J connectivity index is 0.00000288. The van der Waals surface area contributed by atoms with Gasteiger partial charge in [0, 0.05) is 17.5 Å². The standard InChI is InChI=1S/C19H30N2O2.ClH/c1-13(2)11-17(16-9-4-5-10-18(16)23-3)21-19(22)14-7-6-8-15(20)12-14;/h4-5,9-10,13-15,17H,6-8,11-12,20H2,1-3H3,(H,21,22);1H. The van der Waals surface area contributed by atoms with E-state index < -0.39 is 0 Å². The van der Waals surface area contributed by atoms with Crippen LogP contribution in [0.4, 0.5) is 0 Å². The van der Waals surface area contributed by atoms with E-state index in [1.165, 1.54) is 0 Å². The number of amides is 1. The van der Waals surface area contributed by atoms with Gasteiger partial charge >= 0.3 is 0 Å². The number of nitrogens with two attached hydrogens (primary N) is 1. The average Bonchev–Trinajstić information content (AvgIpc) is 2.53. The number of benzene rings is 1. The molecular weight excluding hydrogens is 324 g/mol. The van der Waals surface area contributed by atoms with Crippen molar-refractivity contribution in [3.63, 3.8) is 0 Å². The summed E-state index contributed by atoms with van der Waals surface area (Å²) in [5.41, 5.74) is 7.08. The lowest BCUT2D eigenvalue weighted by molar-refractivity contribution is -0.127. The van der Waals surface area contributed by atoms with Crippen molar-refractivity contribution in [1.29, 1.82) is 0 Å². The molecule has 0 saturated heterocycles. The van der Waals surface area contributed by atoms with E-state index in [9.17, 15) is 4.79 Å². The maximum absolute atomic E-state index is 12.7. The maximum Gasteiger partial charge on any atom is 0.223 e. The minimum atomic E-state index is -0.0169. The normalized spacial score (nSPS) is 21.7. The lowest BCUT2D eigenvalue weighted by Crippen LogP contribution is -2.39. The molecular formula is C19H31ClN2O2. The molecule has 0 spiro atoms. The lowest BCUT2D eigenvalue weighted by atomic mass is 9.85. The van der Waals surface area contributed by atoms with Gasteiger partial charge in [-0.25, -0.2) is 0 Å². The monoisotopic (exact) mass is 354 g/mol. The Morgan fingerprint density at radius 2 is 2.04 bits per heavy atom. The molecule has 3 unspecified atom stereocenters. The first-order chi connectivity index (χ1) is 11.0. The molecule has 0 bridgehead atoms. The van der Waals surface area contributed by atoms with Crippen LogP contribution in [0.5, 0.6) is 5.75 Å². The molecule has 3 N–H and O–H groups in total. The van der Waals surface area contributed by atoms with Crippen LogP contribution in [0.15, 0.2) is 24.3 Å². The third kappa shape index (κ3) is 5.67. The minimum Gasteiger partial charge on any atom is -0.496 e. The Labute approximate surface area is 151 Å². The molecule has 3 atom stereocenters. The van der Waals surface area contributed by atoms with E-state index in [4.69, 9.17) is 10.5 Å². The zero-order valence-electron chi connectivity index (χ0n) is 15.0. The molecule has 0 radical (unpaired) electrons. The number of carbonyl (C=O) groups excluding carboxylic acids is 1. The summed E-state index contributed by atoms with van der Waals surface area (Å²) in [4.78, 5) is 12.7. The number of rotatable bonds is 6. The summed E-state index contributed by atoms with van der Waals surface area (Å²) >= 11 is 0. The van der Waals surface area contributed by atoms with Gasteiger partial charge in [-0.2, -0.15) is 0 Å². The molecule has 1 aromatic rings. The van der Waals surface area contributed by atoms with Crippen LogP contribution in [0.2, 0.25) is 0 Å². The Morgan fingerprint density at radius 3 is 2.67 bits per heavy atom. The number of para-hydroxylation sites is 1. The fourth-order valence-corrected chi connectivity index (χ4v) is 3.44. The highest BCUT2D eigenvalue weighted by atomic mass is 35.5. The summed E-state index contributed by atoms with van der Waals surface area (Å²) < 4.78 is 5.48. The second-order valence-electron chi connectivity index (χ2n) is 7.06. The zero-order valence-corrected chi connectivity index (χ0v) is 15.8. The average molecular weight is 355 g/mol. The molecule has 1 amide bonds. The van der Waals surface area contributed by atoms with Crippen LogP contribution in [0, 0.1) is 11.8 Å². The number of carbonyl (C=O) groups is 1. The van der Waals surface area contributed by atoms with Crippen LogP contribution in [0.25, 0.3) is 0 Å². The topological polar surface area (TPSA) is 64.3 Å². The summed E-state index contributed by atoms with van der Waals surface area (Å²) in [5, 5.41) is 3.26. The highest BCUT2D eigenvalue weighted by Crippen LogP contribution is 2.31. The van der Waals surface area contributed by atoms with Crippen LogP contribution in [0.1, 0.15) is 57.6 Å². The number of hydrogen-bond donors (Lipinski definition) is 2. The predicted molar refractivity (Wildman–Crippen MR) is 101 cm³/mol. The summed E-state index contributed by atoms with van der Waals surface area (Å²) in [6.07, 6.45) is 4.71. The largest absolute Gasteiger partial charge is 0.496 e. The molecule has 0 aliphatic heterocycles. The van der Waals surface area contributed by atoms with Gasteiger partial charge < -0.3 is 15.8 Å². The van der Waals surface area contributed by atoms with Crippen LogP contribution in [0.3, 0.4) is 0 Å². The maximum atomic E-state index is 12.7. The first-order valence-electron chi connectivity index (χ1n) is 8.70. The van der Waals surface area contributed by atoms with Crippen molar-refractivity contribution in [2.45, 2.75) is 58.0 Å². The van der Waals surface area contributed by atoms with E-state index in [0.29, 0.717) is 5.92 Å². The van der Waals surface area contributed by atoms with Gasteiger partial charge in [0.05, 0.1) is 13.2 Å². The predicted octanol–water partition coefficient (Wildman–Crippen LogP) is 3.84. The molecule has 0 heterocycles. The molecule has 136 valence electrons. The molecule has 1 aromatic carbocycles. The third-order valence-corrected chi connectivity index (χ3v) is 4.62. The van der Waals surface area contributed by atoms with Crippen molar-refractivity contribution >= 4 is 18.3 Å². The molecule has 1 fully saturated rings. The quantitative estimate of drug-likeness (QED) is 0.815. The Kier molecular flexibility index (Phi) is 8.57. The molecule has 4 nitrogen and oxygen atoms in total. The third-order valence-electron chi connectivity index (χ3n) is 4.62. The van der Waals surface area contributed by atoms with Gasteiger partial charge in [0.1, 0.15) is 5.75 Å². The highest BCUT2D eigenvalue weighted by Gasteiger charge is 2.28. The first-order valence-corrected chi connectivity index (χ1v) is 8.70. The van der Waals surface area contributed by atoms with Gasteiger partial charge in [-0.1, -0.05) is 38.5 Å². The molecule has 1 aliphatic carbocycles. The van der Waals surface area contributed by atoms with Gasteiger partial charge in [0.2, 0.25) is 5.91 Å². The summed E-state index contributed by atoms with van der Waals surface area (Å²) in [7, 11) is 1.67. The number of methoxy groups -OCH3 is 1. The minimum absolute atomic E-state index is 0. The van der Waals surface area contributed by atoms with E-state index in [2.05, 4.69) is 19.2 Å². The van der Waals surface area contributed by atoms with Gasteiger partial charge in [-0.3, -0.25) is 4.79 Å². The molecule has 2 rings (SSSR count). The fraction of sp³-hybridized carbons (Fsp3) is 0.632. The second kappa shape index (κ2) is 9.90. The molecule has 1 saturated carbocycles. The fourth-order valence-electron chi connectivity index (χ4n) is 3.44. The van der Waals surface area contributed by atoms with E-state index in [1.807, 2.05) is 24.3 Å². The number of halogens is 1.